The summed E-state index contributed by atoms with van der Waals surface area (Å²) in [6, 6.07) is 3.46. The molecule has 94 valence electrons. The minimum absolute atomic E-state index is 0.186. The Morgan fingerprint density at radius 1 is 1.29 bits per heavy atom. The average Bonchev–Trinajstić information content (AvgIpc) is 2.27. The molecule has 4 nitrogen and oxygen atoms in total. The maximum absolute atomic E-state index is 11.1. The molecule has 6 heteroatoms. The van der Waals surface area contributed by atoms with E-state index in [1.54, 1.807) is 12.1 Å². The smallest absolute Gasteiger partial charge is 0.236 e. The fourth-order valence-electron chi connectivity index (χ4n) is 1.92. The third-order valence-corrected chi connectivity index (χ3v) is 3.57. The zero-order valence-corrected chi connectivity index (χ0v) is 11.0. The van der Waals surface area contributed by atoms with Crippen LogP contribution in [0.5, 0.6) is 11.5 Å². The van der Waals surface area contributed by atoms with Crippen molar-refractivity contribution >= 4 is 19.7 Å². The Morgan fingerprint density at radius 3 is 2.65 bits per heavy atom. The molecular formula is C11H13ClO4S. The second-order valence-electron chi connectivity index (χ2n) is 3.76. The lowest BCUT2D eigenvalue weighted by atomic mass is 10.0. The fraction of sp³-hybridized carbons (Fsp3) is 0.455. The van der Waals surface area contributed by atoms with Crippen molar-refractivity contribution in [3.63, 3.8) is 0 Å². The summed E-state index contributed by atoms with van der Waals surface area (Å²) < 4.78 is 33.2. The largest absolute Gasteiger partial charge is 0.486 e. The molecule has 0 saturated heterocycles. The number of rotatable bonds is 3. The third-order valence-electron chi connectivity index (χ3n) is 2.59. The molecular weight excluding hydrogens is 264 g/mol. The van der Waals surface area contributed by atoms with E-state index in [0.717, 1.165) is 5.56 Å². The number of ether oxygens (including phenoxy) is 2. The Kier molecular flexibility index (Phi) is 3.49. The minimum atomic E-state index is -3.56. The second kappa shape index (κ2) is 4.74. The van der Waals surface area contributed by atoms with Crippen molar-refractivity contribution in [2.45, 2.75) is 19.1 Å². The van der Waals surface area contributed by atoms with E-state index < -0.39 is 9.05 Å². The van der Waals surface area contributed by atoms with Gasteiger partial charge in [0.15, 0.2) is 11.5 Å². The van der Waals surface area contributed by atoms with Gasteiger partial charge in [0.05, 0.1) is 5.75 Å². The molecule has 0 aromatic heterocycles. The van der Waals surface area contributed by atoms with Gasteiger partial charge in [0.2, 0.25) is 9.05 Å². The minimum Gasteiger partial charge on any atom is -0.486 e. The lowest BCUT2D eigenvalue weighted by Crippen LogP contribution is -2.17. The molecule has 0 amide bonds. The van der Waals surface area contributed by atoms with E-state index in [-0.39, 0.29) is 5.75 Å². The number of hydrogen-bond donors (Lipinski definition) is 0. The summed E-state index contributed by atoms with van der Waals surface area (Å²) in [5.41, 5.74) is 1.53. The zero-order chi connectivity index (χ0) is 12.5. The van der Waals surface area contributed by atoms with Gasteiger partial charge in [0, 0.05) is 16.2 Å². The highest BCUT2D eigenvalue weighted by atomic mass is 35.7. The molecule has 0 radical (unpaired) electrons. The quantitative estimate of drug-likeness (QED) is 0.793. The van der Waals surface area contributed by atoms with Gasteiger partial charge in [-0.25, -0.2) is 8.42 Å². The maximum atomic E-state index is 11.1. The van der Waals surface area contributed by atoms with E-state index in [2.05, 4.69) is 0 Å². The first-order valence-corrected chi connectivity index (χ1v) is 7.82. The van der Waals surface area contributed by atoms with Crippen LogP contribution in [0.4, 0.5) is 0 Å². The molecule has 0 N–H and O–H groups in total. The topological polar surface area (TPSA) is 52.6 Å². The molecule has 1 aromatic carbocycles. The first-order chi connectivity index (χ1) is 8.01. The molecule has 0 fully saturated rings. The lowest BCUT2D eigenvalue weighted by molar-refractivity contribution is 0.170. The van der Waals surface area contributed by atoms with Gasteiger partial charge in [-0.15, -0.1) is 0 Å². The monoisotopic (exact) mass is 276 g/mol. The van der Waals surface area contributed by atoms with E-state index in [1.807, 2.05) is 6.92 Å². The SMILES string of the molecule is CCc1c(CS(=O)(=O)Cl)ccc2c1OCCO2. The predicted molar refractivity (Wildman–Crippen MR) is 65.3 cm³/mol. The average molecular weight is 277 g/mol. The molecule has 1 aliphatic rings. The van der Waals surface area contributed by atoms with Crippen molar-refractivity contribution in [3.05, 3.63) is 23.3 Å². The van der Waals surface area contributed by atoms with Crippen molar-refractivity contribution < 1.29 is 17.9 Å². The summed E-state index contributed by atoms with van der Waals surface area (Å²) in [6.45, 7) is 2.94. The summed E-state index contributed by atoms with van der Waals surface area (Å²) >= 11 is 0. The van der Waals surface area contributed by atoms with Gasteiger partial charge in [0.25, 0.3) is 0 Å². The first-order valence-electron chi connectivity index (χ1n) is 5.34. The van der Waals surface area contributed by atoms with Gasteiger partial charge >= 0.3 is 0 Å². The summed E-state index contributed by atoms with van der Waals surface area (Å²) in [4.78, 5) is 0. The van der Waals surface area contributed by atoms with Crippen LogP contribution < -0.4 is 9.47 Å². The highest BCUT2D eigenvalue weighted by molar-refractivity contribution is 8.13. The molecule has 17 heavy (non-hydrogen) atoms. The lowest BCUT2D eigenvalue weighted by Gasteiger charge is -2.22. The predicted octanol–water partition coefficient (Wildman–Crippen LogP) is 2.09. The van der Waals surface area contributed by atoms with Crippen LogP contribution in [0, 0.1) is 0 Å². The molecule has 0 atom stereocenters. The van der Waals surface area contributed by atoms with Crippen LogP contribution in [0.15, 0.2) is 12.1 Å². The summed E-state index contributed by atoms with van der Waals surface area (Å²) in [6.07, 6.45) is 0.675. The number of hydrogen-bond acceptors (Lipinski definition) is 4. The number of halogens is 1. The molecule has 1 aromatic rings. The molecule has 0 spiro atoms. The van der Waals surface area contributed by atoms with E-state index in [9.17, 15) is 8.42 Å². The Hall–Kier alpha value is -0.940. The van der Waals surface area contributed by atoms with E-state index in [1.165, 1.54) is 0 Å². The van der Waals surface area contributed by atoms with Crippen LogP contribution in [-0.4, -0.2) is 21.6 Å². The number of fused-ring (bicyclic) bond motifs is 1. The highest BCUT2D eigenvalue weighted by Crippen LogP contribution is 2.37. The Morgan fingerprint density at radius 2 is 2.00 bits per heavy atom. The highest BCUT2D eigenvalue weighted by Gasteiger charge is 2.20. The van der Waals surface area contributed by atoms with Gasteiger partial charge in [0.1, 0.15) is 13.2 Å². The van der Waals surface area contributed by atoms with Crippen molar-refractivity contribution in [1.82, 2.24) is 0 Å². The standard InChI is InChI=1S/C11H13ClO4S/c1-2-9-8(7-17(12,13)14)3-4-10-11(9)16-6-5-15-10/h3-4H,2,5-7H2,1H3. The van der Waals surface area contributed by atoms with Crippen molar-refractivity contribution in [2.75, 3.05) is 13.2 Å². The van der Waals surface area contributed by atoms with Crippen molar-refractivity contribution in [1.29, 1.82) is 0 Å². The Bertz CT molecular complexity index is 525. The third kappa shape index (κ3) is 2.84. The van der Waals surface area contributed by atoms with Crippen LogP contribution in [-0.2, 0) is 21.2 Å². The van der Waals surface area contributed by atoms with E-state index >= 15 is 0 Å². The summed E-state index contributed by atoms with van der Waals surface area (Å²) in [7, 11) is 1.72. The van der Waals surface area contributed by atoms with Crippen LogP contribution in [0.2, 0.25) is 0 Å². The molecule has 0 unspecified atom stereocenters. The summed E-state index contributed by atoms with van der Waals surface area (Å²) in [5, 5.41) is 0. The zero-order valence-electron chi connectivity index (χ0n) is 9.40. The van der Waals surface area contributed by atoms with Gasteiger partial charge in [-0.05, 0) is 18.1 Å². The number of benzene rings is 1. The molecule has 1 aliphatic heterocycles. The van der Waals surface area contributed by atoms with Gasteiger partial charge in [-0.3, -0.25) is 0 Å². The van der Waals surface area contributed by atoms with E-state index in [0.29, 0.717) is 36.7 Å². The van der Waals surface area contributed by atoms with Crippen LogP contribution in [0.1, 0.15) is 18.1 Å². The second-order valence-corrected chi connectivity index (χ2v) is 6.54. The normalized spacial score (nSPS) is 14.7. The fourth-order valence-corrected chi connectivity index (χ4v) is 2.92. The van der Waals surface area contributed by atoms with Gasteiger partial charge < -0.3 is 9.47 Å². The molecule has 2 rings (SSSR count). The van der Waals surface area contributed by atoms with Gasteiger partial charge in [-0.1, -0.05) is 13.0 Å². The molecule has 1 heterocycles. The van der Waals surface area contributed by atoms with Crippen molar-refractivity contribution in [2.24, 2.45) is 0 Å². The maximum Gasteiger partial charge on any atom is 0.236 e. The van der Waals surface area contributed by atoms with Gasteiger partial charge in [-0.2, -0.15) is 0 Å². The van der Waals surface area contributed by atoms with E-state index in [4.69, 9.17) is 20.2 Å². The van der Waals surface area contributed by atoms with Crippen molar-refractivity contribution in [3.8, 4) is 11.5 Å². The molecule has 0 bridgehead atoms. The van der Waals surface area contributed by atoms with Crippen LogP contribution in [0.3, 0.4) is 0 Å². The Labute approximate surface area is 105 Å². The van der Waals surface area contributed by atoms with Crippen LogP contribution >= 0.6 is 10.7 Å². The first kappa shape index (κ1) is 12.5. The summed E-state index contributed by atoms with van der Waals surface area (Å²) in [5.74, 6) is 1.13. The van der Waals surface area contributed by atoms with Crippen LogP contribution in [0.25, 0.3) is 0 Å². The molecule has 0 saturated carbocycles. The molecule has 0 aliphatic carbocycles. The Balaban J connectivity index is 2.47.